The molecule has 0 heterocycles. The molecule has 2 fully saturated rings. The minimum Gasteiger partial charge on any atom is -0.369 e. The standard InChI is InChI=1S/C14H20.C10H20N2O/c1-12-8-10-13-6-4-2-3-5-7-14(13)11-9-12;1-2-8-5-3-4-6-9(8)12-7-10(11)13/h8,10-11H,2-7,9H2,1H3;8-9,12H,2-7H2,1H3,(H2,11,13). The number of nitrogens with two attached hydrogens (primary N) is 1. The summed E-state index contributed by atoms with van der Waals surface area (Å²) in [7, 11) is 0. The summed E-state index contributed by atoms with van der Waals surface area (Å²) in [4.78, 5) is 10.6. The van der Waals surface area contributed by atoms with Crippen molar-refractivity contribution < 1.29 is 4.79 Å². The summed E-state index contributed by atoms with van der Waals surface area (Å²) in [6, 6.07) is 0.520. The van der Waals surface area contributed by atoms with Crippen molar-refractivity contribution in [3.63, 3.8) is 0 Å². The molecule has 3 N–H and O–H groups in total. The minimum atomic E-state index is -0.250. The fraction of sp³-hybridized carbons (Fsp3) is 0.708. The Bertz CT molecular complexity index is 559. The van der Waals surface area contributed by atoms with Gasteiger partial charge in [-0.1, -0.05) is 62.8 Å². The number of nitrogens with one attached hydrogen (secondary N) is 1. The van der Waals surface area contributed by atoms with Gasteiger partial charge in [-0.25, -0.2) is 0 Å². The highest BCUT2D eigenvalue weighted by Gasteiger charge is 2.23. The van der Waals surface area contributed by atoms with Gasteiger partial charge < -0.3 is 11.1 Å². The van der Waals surface area contributed by atoms with E-state index in [0.717, 1.165) is 12.3 Å². The van der Waals surface area contributed by atoms with Crippen molar-refractivity contribution in [1.29, 1.82) is 0 Å². The molecule has 0 bridgehead atoms. The fourth-order valence-corrected chi connectivity index (χ4v) is 4.52. The molecule has 0 radical (unpaired) electrons. The lowest BCUT2D eigenvalue weighted by molar-refractivity contribution is -0.117. The monoisotopic (exact) mass is 372 g/mol. The summed E-state index contributed by atoms with van der Waals surface area (Å²) in [6.45, 7) is 4.78. The molecular formula is C24H40N2O. The van der Waals surface area contributed by atoms with E-state index in [1.807, 2.05) is 0 Å². The molecule has 3 rings (SSSR count). The summed E-state index contributed by atoms with van der Waals surface area (Å²) < 4.78 is 0. The molecule has 2 saturated carbocycles. The number of hydrogen-bond acceptors (Lipinski definition) is 2. The number of carbonyl (C=O) groups excluding carboxylic acids is 1. The first-order valence-corrected chi connectivity index (χ1v) is 11.2. The molecule has 0 saturated heterocycles. The molecule has 0 aromatic rings. The van der Waals surface area contributed by atoms with Gasteiger partial charge in [0.1, 0.15) is 0 Å². The zero-order valence-corrected chi connectivity index (χ0v) is 17.6. The van der Waals surface area contributed by atoms with Crippen molar-refractivity contribution in [2.45, 2.75) is 96.9 Å². The Balaban J connectivity index is 0.000000194. The van der Waals surface area contributed by atoms with E-state index in [0.29, 0.717) is 12.6 Å². The second kappa shape index (κ2) is 12.2. The third-order valence-corrected chi connectivity index (χ3v) is 6.27. The number of primary amides is 1. The van der Waals surface area contributed by atoms with Crippen molar-refractivity contribution in [3.8, 4) is 0 Å². The van der Waals surface area contributed by atoms with E-state index in [4.69, 9.17) is 5.73 Å². The maximum absolute atomic E-state index is 10.6. The topological polar surface area (TPSA) is 55.1 Å². The maximum Gasteiger partial charge on any atom is 0.231 e. The molecule has 2 atom stereocenters. The Labute approximate surface area is 166 Å². The van der Waals surface area contributed by atoms with Gasteiger partial charge in [-0.05, 0) is 68.9 Å². The predicted molar refractivity (Wildman–Crippen MR) is 115 cm³/mol. The number of allylic oxidation sites excluding steroid dienone is 6. The first-order valence-electron chi connectivity index (χ1n) is 11.2. The number of amides is 1. The van der Waals surface area contributed by atoms with Crippen LogP contribution in [0.5, 0.6) is 0 Å². The largest absolute Gasteiger partial charge is 0.369 e. The van der Waals surface area contributed by atoms with Crippen LogP contribution in [-0.4, -0.2) is 18.5 Å². The first kappa shape index (κ1) is 21.9. The zero-order valence-electron chi connectivity index (χ0n) is 17.6. The van der Waals surface area contributed by atoms with Crippen LogP contribution in [0.3, 0.4) is 0 Å². The Morgan fingerprint density at radius 3 is 2.44 bits per heavy atom. The smallest absolute Gasteiger partial charge is 0.231 e. The van der Waals surface area contributed by atoms with E-state index in [9.17, 15) is 4.79 Å². The molecule has 0 spiro atoms. The maximum atomic E-state index is 10.6. The summed E-state index contributed by atoms with van der Waals surface area (Å²) in [5, 5.41) is 3.25. The molecule has 3 aliphatic carbocycles. The molecule has 1 amide bonds. The SMILES string of the molecule is CC1=CC=C2CCCCCCC2=CC1.CCC1CCCCC1NCC(N)=O. The highest BCUT2D eigenvalue weighted by Crippen LogP contribution is 2.29. The van der Waals surface area contributed by atoms with E-state index < -0.39 is 0 Å². The lowest BCUT2D eigenvalue weighted by Crippen LogP contribution is -2.42. The van der Waals surface area contributed by atoms with Crippen LogP contribution in [-0.2, 0) is 4.79 Å². The number of fused-ring (bicyclic) bond motifs is 1. The first-order chi connectivity index (χ1) is 13.1. The average Bonchev–Trinajstić information content (AvgIpc) is 2.82. The summed E-state index contributed by atoms with van der Waals surface area (Å²) in [5.74, 6) is 0.494. The quantitative estimate of drug-likeness (QED) is 0.677. The zero-order chi connectivity index (χ0) is 19.5. The van der Waals surface area contributed by atoms with E-state index in [2.05, 4.69) is 37.4 Å². The van der Waals surface area contributed by atoms with Gasteiger partial charge in [0.15, 0.2) is 0 Å². The van der Waals surface area contributed by atoms with Crippen LogP contribution < -0.4 is 11.1 Å². The highest BCUT2D eigenvalue weighted by atomic mass is 16.1. The molecule has 152 valence electrons. The van der Waals surface area contributed by atoms with E-state index in [1.165, 1.54) is 76.2 Å². The van der Waals surface area contributed by atoms with Crippen molar-refractivity contribution in [1.82, 2.24) is 5.32 Å². The summed E-state index contributed by atoms with van der Waals surface area (Å²) >= 11 is 0. The molecular weight excluding hydrogens is 332 g/mol. The average molecular weight is 373 g/mol. The molecule has 2 unspecified atom stereocenters. The van der Waals surface area contributed by atoms with Gasteiger partial charge in [-0.2, -0.15) is 0 Å². The molecule has 3 aliphatic rings. The lowest BCUT2D eigenvalue weighted by Gasteiger charge is -2.31. The van der Waals surface area contributed by atoms with Crippen molar-refractivity contribution >= 4 is 5.91 Å². The fourth-order valence-electron chi connectivity index (χ4n) is 4.52. The number of rotatable bonds is 4. The number of hydrogen-bond donors (Lipinski definition) is 2. The van der Waals surface area contributed by atoms with Gasteiger partial charge >= 0.3 is 0 Å². The Hall–Kier alpha value is -1.35. The summed E-state index contributed by atoms with van der Waals surface area (Å²) in [5.41, 5.74) is 9.84. The lowest BCUT2D eigenvalue weighted by atomic mass is 9.83. The Kier molecular flexibility index (Phi) is 9.90. The van der Waals surface area contributed by atoms with Crippen LogP contribution >= 0.6 is 0 Å². The van der Waals surface area contributed by atoms with Gasteiger partial charge in [0.25, 0.3) is 0 Å². The molecule has 27 heavy (non-hydrogen) atoms. The second-order valence-corrected chi connectivity index (χ2v) is 8.46. The molecule has 0 aromatic heterocycles. The van der Waals surface area contributed by atoms with Crippen LogP contribution in [0.25, 0.3) is 0 Å². The number of carbonyl (C=O) groups is 1. The van der Waals surface area contributed by atoms with E-state index in [1.54, 1.807) is 11.1 Å². The van der Waals surface area contributed by atoms with Crippen molar-refractivity contribution in [3.05, 3.63) is 34.9 Å². The van der Waals surface area contributed by atoms with Crippen molar-refractivity contribution in [2.24, 2.45) is 11.7 Å². The van der Waals surface area contributed by atoms with Crippen LogP contribution in [0.15, 0.2) is 34.9 Å². The van der Waals surface area contributed by atoms with Crippen LogP contribution in [0.4, 0.5) is 0 Å². The third-order valence-electron chi connectivity index (χ3n) is 6.27. The normalized spacial score (nSPS) is 25.9. The van der Waals surface area contributed by atoms with Gasteiger partial charge in [-0.15, -0.1) is 0 Å². The molecule has 0 aliphatic heterocycles. The van der Waals surface area contributed by atoms with E-state index >= 15 is 0 Å². The van der Waals surface area contributed by atoms with Gasteiger partial charge in [0.05, 0.1) is 6.54 Å². The molecule has 3 nitrogen and oxygen atoms in total. The molecule has 0 aromatic carbocycles. The van der Waals surface area contributed by atoms with Crippen LogP contribution in [0, 0.1) is 5.92 Å². The van der Waals surface area contributed by atoms with Crippen LogP contribution in [0.1, 0.15) is 90.9 Å². The third kappa shape index (κ3) is 8.04. The molecule has 3 heteroatoms. The van der Waals surface area contributed by atoms with Gasteiger partial charge in [0, 0.05) is 6.04 Å². The van der Waals surface area contributed by atoms with Gasteiger partial charge in [-0.3, -0.25) is 4.79 Å². The highest BCUT2D eigenvalue weighted by molar-refractivity contribution is 5.75. The minimum absolute atomic E-state index is 0.250. The Morgan fingerprint density at radius 2 is 1.74 bits per heavy atom. The Morgan fingerprint density at radius 1 is 1.04 bits per heavy atom. The van der Waals surface area contributed by atoms with Crippen LogP contribution in [0.2, 0.25) is 0 Å². The van der Waals surface area contributed by atoms with Gasteiger partial charge in [0.2, 0.25) is 5.91 Å². The summed E-state index contributed by atoms with van der Waals surface area (Å²) in [6.07, 6.45) is 22.9. The van der Waals surface area contributed by atoms with E-state index in [-0.39, 0.29) is 5.91 Å². The second-order valence-electron chi connectivity index (χ2n) is 8.46. The predicted octanol–water partition coefficient (Wildman–Crippen LogP) is 5.57. The van der Waals surface area contributed by atoms with Crippen molar-refractivity contribution in [2.75, 3.05) is 6.54 Å².